The van der Waals surface area contributed by atoms with Crippen LogP contribution in [-0.2, 0) is 11.2 Å². The van der Waals surface area contributed by atoms with Crippen molar-refractivity contribution in [3.63, 3.8) is 0 Å². The third-order valence-electron chi connectivity index (χ3n) is 5.07. The van der Waals surface area contributed by atoms with Gasteiger partial charge in [0.2, 0.25) is 5.91 Å². The van der Waals surface area contributed by atoms with Gasteiger partial charge in [0, 0.05) is 16.9 Å². The van der Waals surface area contributed by atoms with E-state index in [0.29, 0.717) is 22.5 Å². The van der Waals surface area contributed by atoms with E-state index in [9.17, 15) is 9.59 Å². The summed E-state index contributed by atoms with van der Waals surface area (Å²) in [6.45, 7) is 3.64. The minimum absolute atomic E-state index is 0.226. The number of fused-ring (bicyclic) bond motifs is 1. The summed E-state index contributed by atoms with van der Waals surface area (Å²) in [4.78, 5) is 32.1. The highest BCUT2D eigenvalue weighted by Gasteiger charge is 2.24. The summed E-state index contributed by atoms with van der Waals surface area (Å²) in [5.41, 5.74) is 8.20. The molecule has 1 atom stereocenters. The molecule has 29 heavy (non-hydrogen) atoms. The summed E-state index contributed by atoms with van der Waals surface area (Å²) in [5, 5.41) is 0.545. The van der Waals surface area contributed by atoms with E-state index in [1.807, 2.05) is 67.6 Å². The molecule has 146 valence electrons. The molecular weight excluding hydrogens is 382 g/mol. The fourth-order valence-corrected chi connectivity index (χ4v) is 4.65. The molecule has 2 aromatic heterocycles. The van der Waals surface area contributed by atoms with Crippen molar-refractivity contribution in [1.82, 2.24) is 9.55 Å². The number of hydrogen-bond donors (Lipinski definition) is 1. The van der Waals surface area contributed by atoms with Crippen molar-refractivity contribution < 1.29 is 4.79 Å². The molecule has 5 nitrogen and oxygen atoms in total. The molecule has 0 saturated carbocycles. The Bertz CT molecular complexity index is 1240. The number of nitrogens with two attached hydrogens (primary N) is 1. The third kappa shape index (κ3) is 3.47. The number of thiophene rings is 1. The summed E-state index contributed by atoms with van der Waals surface area (Å²) in [6.07, 6.45) is 0.446. The van der Waals surface area contributed by atoms with E-state index in [0.717, 1.165) is 21.6 Å². The molecule has 1 unspecified atom stereocenters. The normalized spacial score (nSPS) is 12.2. The van der Waals surface area contributed by atoms with Crippen LogP contribution in [0, 0.1) is 6.92 Å². The molecule has 2 N–H and O–H groups in total. The molecule has 1 amide bonds. The van der Waals surface area contributed by atoms with Crippen molar-refractivity contribution in [2.75, 3.05) is 0 Å². The largest absolute Gasteiger partial charge is 0.368 e. The number of carbonyl (C=O) groups is 1. The molecule has 0 aliphatic carbocycles. The lowest BCUT2D eigenvalue weighted by molar-refractivity contribution is -0.120. The first-order valence-corrected chi connectivity index (χ1v) is 10.2. The smallest absolute Gasteiger partial charge is 0.263 e. The van der Waals surface area contributed by atoms with Crippen molar-refractivity contribution in [3.8, 4) is 11.1 Å². The van der Waals surface area contributed by atoms with Gasteiger partial charge in [0.05, 0.1) is 5.39 Å². The minimum atomic E-state index is -0.790. The van der Waals surface area contributed by atoms with Gasteiger partial charge in [-0.15, -0.1) is 11.3 Å². The predicted octanol–water partition coefficient (Wildman–Crippen LogP) is 4.07. The number of aryl methyl sites for hydroxylation is 1. The number of aromatic nitrogens is 2. The second-order valence-corrected chi connectivity index (χ2v) is 8.23. The summed E-state index contributed by atoms with van der Waals surface area (Å²) < 4.78 is 1.45. The molecule has 0 aliphatic heterocycles. The van der Waals surface area contributed by atoms with Gasteiger partial charge in [0.1, 0.15) is 16.7 Å². The van der Waals surface area contributed by atoms with Crippen LogP contribution in [0.3, 0.4) is 0 Å². The standard InChI is InChI=1S/C23H21N3O2S/c1-14(21(24)27)26-18(13-16-9-5-3-6-10-16)25-22-20(23(26)28)19(15(2)29-22)17-11-7-4-8-12-17/h3-12,14H,13H2,1-2H3,(H2,24,27). The SMILES string of the molecule is Cc1sc2nc(Cc3ccccc3)n(C(C)C(N)=O)c(=O)c2c1-c1ccccc1. The average molecular weight is 404 g/mol. The van der Waals surface area contributed by atoms with E-state index in [2.05, 4.69) is 0 Å². The highest BCUT2D eigenvalue weighted by Crippen LogP contribution is 2.36. The fourth-order valence-electron chi connectivity index (χ4n) is 3.60. The van der Waals surface area contributed by atoms with Gasteiger partial charge in [0.15, 0.2) is 0 Å². The summed E-state index contributed by atoms with van der Waals surface area (Å²) in [6, 6.07) is 18.8. The van der Waals surface area contributed by atoms with Crippen LogP contribution in [0.2, 0.25) is 0 Å². The number of benzene rings is 2. The topological polar surface area (TPSA) is 78.0 Å². The Morgan fingerprint density at radius 1 is 1.10 bits per heavy atom. The Morgan fingerprint density at radius 3 is 2.34 bits per heavy atom. The number of carbonyl (C=O) groups excluding carboxylic acids is 1. The lowest BCUT2D eigenvalue weighted by atomic mass is 10.0. The van der Waals surface area contributed by atoms with Crippen LogP contribution in [0.5, 0.6) is 0 Å². The lowest BCUT2D eigenvalue weighted by Gasteiger charge is -2.17. The highest BCUT2D eigenvalue weighted by atomic mass is 32.1. The van der Waals surface area contributed by atoms with Gasteiger partial charge >= 0.3 is 0 Å². The average Bonchev–Trinajstić information content (AvgIpc) is 3.05. The van der Waals surface area contributed by atoms with E-state index < -0.39 is 11.9 Å². The van der Waals surface area contributed by atoms with Crippen LogP contribution in [-0.4, -0.2) is 15.5 Å². The van der Waals surface area contributed by atoms with Crippen molar-refractivity contribution in [1.29, 1.82) is 0 Å². The quantitative estimate of drug-likeness (QED) is 0.546. The van der Waals surface area contributed by atoms with Crippen LogP contribution >= 0.6 is 11.3 Å². The molecule has 6 heteroatoms. The Hall–Kier alpha value is -3.25. The number of nitrogens with zero attached hydrogens (tertiary/aromatic N) is 2. The van der Waals surface area contributed by atoms with Crippen molar-refractivity contribution in [3.05, 3.63) is 87.3 Å². The predicted molar refractivity (Wildman–Crippen MR) is 117 cm³/mol. The molecule has 4 rings (SSSR count). The Kier molecular flexibility index (Phi) is 5.03. The van der Waals surface area contributed by atoms with Gasteiger partial charge in [0.25, 0.3) is 5.56 Å². The first kappa shape index (κ1) is 19.1. The molecule has 0 fully saturated rings. The zero-order chi connectivity index (χ0) is 20.5. The molecule has 0 bridgehead atoms. The third-order valence-corrected chi connectivity index (χ3v) is 6.07. The lowest BCUT2D eigenvalue weighted by Crippen LogP contribution is -2.35. The van der Waals surface area contributed by atoms with Gasteiger partial charge in [-0.1, -0.05) is 60.7 Å². The number of primary amides is 1. The Labute approximate surface area is 172 Å². The zero-order valence-electron chi connectivity index (χ0n) is 16.3. The van der Waals surface area contributed by atoms with E-state index in [1.54, 1.807) is 6.92 Å². The molecule has 2 aromatic carbocycles. The molecule has 0 spiro atoms. The Morgan fingerprint density at radius 2 is 1.72 bits per heavy atom. The van der Waals surface area contributed by atoms with Crippen LogP contribution < -0.4 is 11.3 Å². The molecule has 0 aliphatic rings. The molecule has 0 saturated heterocycles. The highest BCUT2D eigenvalue weighted by molar-refractivity contribution is 7.19. The second kappa shape index (κ2) is 7.64. The zero-order valence-corrected chi connectivity index (χ0v) is 17.1. The maximum atomic E-state index is 13.6. The number of hydrogen-bond acceptors (Lipinski definition) is 4. The molecule has 2 heterocycles. The summed E-state index contributed by atoms with van der Waals surface area (Å²) >= 11 is 1.50. The van der Waals surface area contributed by atoms with E-state index in [-0.39, 0.29) is 5.56 Å². The maximum absolute atomic E-state index is 13.6. The maximum Gasteiger partial charge on any atom is 0.263 e. The van der Waals surface area contributed by atoms with Crippen LogP contribution in [0.4, 0.5) is 0 Å². The van der Waals surface area contributed by atoms with E-state index in [4.69, 9.17) is 10.7 Å². The van der Waals surface area contributed by atoms with Gasteiger partial charge < -0.3 is 5.73 Å². The Balaban J connectivity index is 2.01. The monoisotopic (exact) mass is 403 g/mol. The number of amides is 1. The molecular formula is C23H21N3O2S. The van der Waals surface area contributed by atoms with Gasteiger partial charge in [-0.3, -0.25) is 14.2 Å². The van der Waals surface area contributed by atoms with Crippen LogP contribution in [0.25, 0.3) is 21.3 Å². The van der Waals surface area contributed by atoms with Crippen molar-refractivity contribution in [2.45, 2.75) is 26.3 Å². The van der Waals surface area contributed by atoms with Crippen LogP contribution in [0.15, 0.2) is 65.5 Å². The fraction of sp³-hybridized carbons (Fsp3) is 0.174. The van der Waals surface area contributed by atoms with Gasteiger partial charge in [-0.2, -0.15) is 0 Å². The van der Waals surface area contributed by atoms with Crippen LogP contribution in [0.1, 0.15) is 29.2 Å². The minimum Gasteiger partial charge on any atom is -0.368 e. The van der Waals surface area contributed by atoms with Gasteiger partial charge in [-0.05, 0) is 25.0 Å². The number of rotatable bonds is 5. The second-order valence-electron chi connectivity index (χ2n) is 7.02. The molecule has 0 radical (unpaired) electrons. The summed E-state index contributed by atoms with van der Waals surface area (Å²) in [5.74, 6) is -0.0170. The first-order valence-electron chi connectivity index (χ1n) is 9.40. The first-order chi connectivity index (χ1) is 14.0. The summed E-state index contributed by atoms with van der Waals surface area (Å²) in [7, 11) is 0. The molecule has 4 aromatic rings. The van der Waals surface area contributed by atoms with E-state index in [1.165, 1.54) is 15.9 Å². The van der Waals surface area contributed by atoms with Gasteiger partial charge in [-0.25, -0.2) is 4.98 Å². The van der Waals surface area contributed by atoms with Crippen molar-refractivity contribution >= 4 is 27.5 Å². The van der Waals surface area contributed by atoms with Crippen molar-refractivity contribution in [2.24, 2.45) is 5.73 Å². The van der Waals surface area contributed by atoms with E-state index >= 15 is 0 Å².